The molecule has 4 heteroatoms. The van der Waals surface area contributed by atoms with Crippen LogP contribution < -0.4 is 4.90 Å². The van der Waals surface area contributed by atoms with E-state index in [0.29, 0.717) is 12.2 Å². The van der Waals surface area contributed by atoms with Crippen LogP contribution >= 0.6 is 0 Å². The Morgan fingerprint density at radius 1 is 0.857 bits per heavy atom. The maximum Gasteiger partial charge on any atom is 0.231 e. The molecule has 1 amide bonds. The van der Waals surface area contributed by atoms with E-state index in [0.717, 1.165) is 22.0 Å². The lowest BCUT2D eigenvalue weighted by molar-refractivity contribution is -0.118. The van der Waals surface area contributed by atoms with Gasteiger partial charge in [0.2, 0.25) is 5.91 Å². The molecule has 4 nitrogen and oxygen atoms in total. The summed E-state index contributed by atoms with van der Waals surface area (Å²) in [5, 5.41) is 12.5. The van der Waals surface area contributed by atoms with Crippen LogP contribution in [0.4, 0.5) is 5.69 Å². The highest BCUT2D eigenvalue weighted by atomic mass is 16.3. The smallest absolute Gasteiger partial charge is 0.231 e. The van der Waals surface area contributed by atoms with Gasteiger partial charge in [-0.25, -0.2) is 0 Å². The zero-order valence-corrected chi connectivity index (χ0v) is 15.3. The maximum absolute atomic E-state index is 13.3. The average Bonchev–Trinajstić information content (AvgIpc) is 2.74. The number of hydrogen-bond acceptors (Lipinski definition) is 3. The van der Waals surface area contributed by atoms with Crippen molar-refractivity contribution in [1.29, 1.82) is 0 Å². The number of amides is 1. The lowest BCUT2D eigenvalue weighted by Crippen LogP contribution is -2.32. The first-order chi connectivity index (χ1) is 13.7. The Balaban J connectivity index is 1.69. The van der Waals surface area contributed by atoms with Crippen LogP contribution in [0.1, 0.15) is 11.3 Å². The number of fused-ring (bicyclic) bond motifs is 1. The molecule has 4 aromatic rings. The summed E-state index contributed by atoms with van der Waals surface area (Å²) in [6.45, 7) is 0.294. The van der Waals surface area contributed by atoms with Crippen LogP contribution in [0.25, 0.3) is 10.8 Å². The Bertz CT molecular complexity index is 1100. The molecular formula is C24H20N2O2. The molecule has 1 heterocycles. The molecule has 1 N–H and O–H groups in total. The van der Waals surface area contributed by atoms with Crippen molar-refractivity contribution in [3.8, 4) is 5.75 Å². The second-order valence-corrected chi connectivity index (χ2v) is 6.60. The average molecular weight is 368 g/mol. The minimum absolute atomic E-state index is 0.0738. The molecule has 0 unspecified atom stereocenters. The van der Waals surface area contributed by atoms with E-state index in [1.54, 1.807) is 29.3 Å². The van der Waals surface area contributed by atoms with E-state index >= 15 is 0 Å². The van der Waals surface area contributed by atoms with Gasteiger partial charge >= 0.3 is 0 Å². The number of para-hydroxylation sites is 2. The molecule has 0 saturated heterocycles. The third kappa shape index (κ3) is 3.71. The molecule has 0 atom stereocenters. The molecule has 0 saturated carbocycles. The maximum atomic E-state index is 13.3. The van der Waals surface area contributed by atoms with E-state index in [9.17, 15) is 9.90 Å². The largest absolute Gasteiger partial charge is 0.506 e. The Hall–Kier alpha value is -3.66. The van der Waals surface area contributed by atoms with Gasteiger partial charge in [0.15, 0.2) is 0 Å². The van der Waals surface area contributed by atoms with E-state index in [2.05, 4.69) is 4.98 Å². The predicted molar refractivity (Wildman–Crippen MR) is 111 cm³/mol. The number of phenols is 1. The van der Waals surface area contributed by atoms with Crippen molar-refractivity contribution in [2.45, 2.75) is 13.0 Å². The minimum atomic E-state index is -0.0940. The van der Waals surface area contributed by atoms with E-state index in [4.69, 9.17) is 0 Å². The van der Waals surface area contributed by atoms with Crippen LogP contribution in [-0.4, -0.2) is 16.0 Å². The number of nitrogens with zero attached hydrogens (tertiary/aromatic N) is 2. The van der Waals surface area contributed by atoms with Crippen LogP contribution in [0.5, 0.6) is 5.75 Å². The molecule has 138 valence electrons. The first-order valence-electron chi connectivity index (χ1n) is 9.17. The van der Waals surface area contributed by atoms with Crippen LogP contribution in [0.3, 0.4) is 0 Å². The molecule has 28 heavy (non-hydrogen) atoms. The summed E-state index contributed by atoms with van der Waals surface area (Å²) in [5.74, 6) is -0.0202. The minimum Gasteiger partial charge on any atom is -0.506 e. The lowest BCUT2D eigenvalue weighted by atomic mass is 10.0. The van der Waals surface area contributed by atoms with Crippen LogP contribution in [0, 0.1) is 0 Å². The number of aromatic nitrogens is 1. The number of rotatable bonds is 5. The number of hydrogen-bond donors (Lipinski definition) is 1. The van der Waals surface area contributed by atoms with Crippen molar-refractivity contribution >= 4 is 22.4 Å². The molecule has 0 aliphatic carbocycles. The normalized spacial score (nSPS) is 10.7. The SMILES string of the molecule is O=C(Cc1cccc2ccccc12)N(Cc1ccccn1)c1ccccc1O. The zero-order valence-electron chi connectivity index (χ0n) is 15.3. The van der Waals surface area contributed by atoms with E-state index < -0.39 is 0 Å². The number of pyridine rings is 1. The molecule has 0 radical (unpaired) electrons. The first kappa shape index (κ1) is 17.7. The number of anilines is 1. The van der Waals surface area contributed by atoms with E-state index in [1.165, 1.54) is 0 Å². The van der Waals surface area contributed by atoms with Gasteiger partial charge in [-0.05, 0) is 40.6 Å². The summed E-state index contributed by atoms with van der Waals surface area (Å²) >= 11 is 0. The fourth-order valence-corrected chi connectivity index (χ4v) is 3.36. The second-order valence-electron chi connectivity index (χ2n) is 6.60. The molecule has 1 aromatic heterocycles. The Morgan fingerprint density at radius 3 is 2.43 bits per heavy atom. The molecular weight excluding hydrogens is 348 g/mol. The summed E-state index contributed by atoms with van der Waals surface area (Å²) in [4.78, 5) is 19.2. The second kappa shape index (κ2) is 7.92. The molecule has 3 aromatic carbocycles. The summed E-state index contributed by atoms with van der Waals surface area (Å²) in [6, 6.07) is 26.5. The number of aromatic hydroxyl groups is 1. The van der Waals surface area contributed by atoms with Crippen molar-refractivity contribution in [3.63, 3.8) is 0 Å². The summed E-state index contributed by atoms with van der Waals surface area (Å²) in [6.07, 6.45) is 1.94. The van der Waals surface area contributed by atoms with Gasteiger partial charge in [0.1, 0.15) is 5.75 Å². The molecule has 0 spiro atoms. The van der Waals surface area contributed by atoms with Gasteiger partial charge in [0.05, 0.1) is 24.3 Å². The van der Waals surface area contributed by atoms with Crippen molar-refractivity contribution in [2.24, 2.45) is 0 Å². The van der Waals surface area contributed by atoms with Gasteiger partial charge in [-0.2, -0.15) is 0 Å². The molecule has 4 rings (SSSR count). The van der Waals surface area contributed by atoms with Crippen LogP contribution in [0.15, 0.2) is 91.1 Å². The summed E-state index contributed by atoms with van der Waals surface area (Å²) in [7, 11) is 0. The van der Waals surface area contributed by atoms with Crippen molar-refractivity contribution in [2.75, 3.05) is 4.90 Å². The summed E-state index contributed by atoms with van der Waals surface area (Å²) in [5.41, 5.74) is 2.21. The molecule has 0 aliphatic heterocycles. The van der Waals surface area contributed by atoms with Crippen LogP contribution in [-0.2, 0) is 17.8 Å². The van der Waals surface area contributed by atoms with Crippen LogP contribution in [0.2, 0.25) is 0 Å². The molecule has 0 aliphatic rings. The Labute approximate surface area is 163 Å². The van der Waals surface area contributed by atoms with Gasteiger partial charge in [-0.15, -0.1) is 0 Å². The highest BCUT2D eigenvalue weighted by Crippen LogP contribution is 2.29. The predicted octanol–water partition coefficient (Wildman–Crippen LogP) is 4.72. The first-order valence-corrected chi connectivity index (χ1v) is 9.17. The zero-order chi connectivity index (χ0) is 19.3. The van der Waals surface area contributed by atoms with Crippen molar-refractivity contribution in [3.05, 3.63) is 102 Å². The van der Waals surface area contributed by atoms with E-state index in [-0.39, 0.29) is 18.1 Å². The molecule has 0 bridgehead atoms. The quantitative estimate of drug-likeness (QED) is 0.555. The summed E-state index contributed by atoms with van der Waals surface area (Å²) < 4.78 is 0. The number of carbonyl (C=O) groups is 1. The van der Waals surface area contributed by atoms with Gasteiger partial charge < -0.3 is 10.0 Å². The third-order valence-electron chi connectivity index (χ3n) is 4.74. The third-order valence-corrected chi connectivity index (χ3v) is 4.74. The van der Waals surface area contributed by atoms with Gasteiger partial charge in [-0.1, -0.05) is 60.7 Å². The van der Waals surface area contributed by atoms with Crippen molar-refractivity contribution in [1.82, 2.24) is 4.98 Å². The Kier molecular flexibility index (Phi) is 5.02. The van der Waals surface area contributed by atoms with Gasteiger partial charge in [-0.3, -0.25) is 9.78 Å². The molecule has 0 fully saturated rings. The van der Waals surface area contributed by atoms with E-state index in [1.807, 2.05) is 66.7 Å². The highest BCUT2D eigenvalue weighted by Gasteiger charge is 2.20. The van der Waals surface area contributed by atoms with Crippen molar-refractivity contribution < 1.29 is 9.90 Å². The number of phenolic OH excluding ortho intramolecular Hbond substituents is 1. The fraction of sp³-hybridized carbons (Fsp3) is 0.0833. The number of carbonyl (C=O) groups excluding carboxylic acids is 1. The number of benzene rings is 3. The van der Waals surface area contributed by atoms with Gasteiger partial charge in [0, 0.05) is 6.20 Å². The lowest BCUT2D eigenvalue weighted by Gasteiger charge is -2.24. The fourth-order valence-electron chi connectivity index (χ4n) is 3.36. The Morgan fingerprint density at radius 2 is 1.61 bits per heavy atom. The highest BCUT2D eigenvalue weighted by molar-refractivity contribution is 5.98. The topological polar surface area (TPSA) is 53.4 Å². The standard InChI is InChI=1S/C24H20N2O2/c27-23-14-4-3-13-22(23)26(17-20-11-5-6-15-25-20)24(28)16-19-10-7-9-18-8-1-2-12-21(18)19/h1-15,27H,16-17H2. The van der Waals surface area contributed by atoms with Gasteiger partial charge in [0.25, 0.3) is 0 Å². The monoisotopic (exact) mass is 368 g/mol.